The quantitative estimate of drug-likeness (QED) is 0.690. The van der Waals surface area contributed by atoms with Crippen LogP contribution in [0.3, 0.4) is 0 Å². The number of hydrogen-bond acceptors (Lipinski definition) is 2. The second kappa shape index (κ2) is 4.21. The van der Waals surface area contributed by atoms with Crippen LogP contribution in [-0.4, -0.2) is 37.3 Å². The van der Waals surface area contributed by atoms with E-state index >= 15 is 0 Å². The van der Waals surface area contributed by atoms with Gasteiger partial charge >= 0.3 is 6.98 Å². The average molecular weight is 209 g/mol. The van der Waals surface area contributed by atoms with Crippen LogP contribution in [-0.2, 0) is 4.79 Å². The molecule has 1 amide bonds. The van der Waals surface area contributed by atoms with Gasteiger partial charge in [-0.3, -0.25) is 4.79 Å². The second-order valence-electron chi connectivity index (χ2n) is 3.69. The van der Waals surface area contributed by atoms with Gasteiger partial charge in [0.15, 0.2) is 0 Å². The standard InChI is InChI=1S/C7H13BF3N2O/c9-8(10,11)5-13-3-1-6(2-4-13)7(12)14/h6H,1-5H2,(H2,12,14)/q-1. The normalized spacial score (nSPS) is 21.1. The van der Waals surface area contributed by atoms with Gasteiger partial charge in [0.25, 0.3) is 0 Å². The van der Waals surface area contributed by atoms with Crippen molar-refractivity contribution in [1.29, 1.82) is 0 Å². The largest absolute Gasteiger partial charge is 0.492 e. The highest BCUT2D eigenvalue weighted by molar-refractivity contribution is 6.58. The van der Waals surface area contributed by atoms with Crippen LogP contribution < -0.4 is 5.73 Å². The first-order valence-corrected chi connectivity index (χ1v) is 4.61. The van der Waals surface area contributed by atoms with Gasteiger partial charge in [-0.05, 0) is 32.4 Å². The van der Waals surface area contributed by atoms with E-state index in [1.54, 1.807) is 0 Å². The molecule has 0 unspecified atom stereocenters. The highest BCUT2D eigenvalue weighted by atomic mass is 19.4. The summed E-state index contributed by atoms with van der Waals surface area (Å²) in [6, 6.07) is 0. The van der Waals surface area contributed by atoms with Crippen LogP contribution in [0.2, 0.25) is 0 Å². The number of amides is 1. The first kappa shape index (κ1) is 11.4. The van der Waals surface area contributed by atoms with Crippen LogP contribution in [0.1, 0.15) is 12.8 Å². The Labute approximate surface area is 80.5 Å². The summed E-state index contributed by atoms with van der Waals surface area (Å²) in [5.74, 6) is -0.644. The molecule has 1 fully saturated rings. The summed E-state index contributed by atoms with van der Waals surface area (Å²) < 4.78 is 36.1. The Balaban J connectivity index is 2.33. The van der Waals surface area contributed by atoms with Crippen LogP contribution in [0, 0.1) is 5.92 Å². The molecule has 0 aromatic carbocycles. The van der Waals surface area contributed by atoms with Crippen molar-refractivity contribution in [3.63, 3.8) is 0 Å². The van der Waals surface area contributed by atoms with E-state index in [-0.39, 0.29) is 5.92 Å². The number of nitrogens with two attached hydrogens (primary N) is 1. The van der Waals surface area contributed by atoms with Gasteiger partial charge in [0.1, 0.15) is 0 Å². The number of primary amides is 1. The minimum atomic E-state index is -4.75. The lowest BCUT2D eigenvalue weighted by Gasteiger charge is -2.33. The van der Waals surface area contributed by atoms with E-state index in [2.05, 4.69) is 0 Å². The summed E-state index contributed by atoms with van der Waals surface area (Å²) in [6.45, 7) is -4.12. The number of piperidine rings is 1. The van der Waals surface area contributed by atoms with Crippen molar-refractivity contribution >= 4 is 12.9 Å². The molecule has 1 aliphatic heterocycles. The van der Waals surface area contributed by atoms with Gasteiger partial charge in [-0.25, -0.2) is 0 Å². The van der Waals surface area contributed by atoms with Crippen LogP contribution in [0.15, 0.2) is 0 Å². The molecule has 3 nitrogen and oxygen atoms in total. The van der Waals surface area contributed by atoms with Gasteiger partial charge < -0.3 is 23.6 Å². The topological polar surface area (TPSA) is 46.3 Å². The van der Waals surface area contributed by atoms with Gasteiger partial charge in [0.05, 0.1) is 0 Å². The zero-order valence-corrected chi connectivity index (χ0v) is 7.76. The molecule has 0 aromatic heterocycles. The minimum Gasteiger partial charge on any atom is -0.448 e. The van der Waals surface area contributed by atoms with E-state index in [1.165, 1.54) is 4.90 Å². The first-order chi connectivity index (χ1) is 6.38. The predicted molar refractivity (Wildman–Crippen MR) is 47.4 cm³/mol. The van der Waals surface area contributed by atoms with Gasteiger partial charge in [0, 0.05) is 5.92 Å². The van der Waals surface area contributed by atoms with E-state index in [0.717, 1.165) is 0 Å². The Hall–Kier alpha value is -0.715. The van der Waals surface area contributed by atoms with Crippen molar-refractivity contribution in [2.45, 2.75) is 12.8 Å². The maximum Gasteiger partial charge on any atom is 0.492 e. The molecule has 1 heterocycles. The molecule has 1 aliphatic rings. The number of hydrogen-bond donors (Lipinski definition) is 1. The van der Waals surface area contributed by atoms with Crippen LogP contribution >= 0.6 is 0 Å². The monoisotopic (exact) mass is 209 g/mol. The maximum atomic E-state index is 12.0. The molecule has 2 N–H and O–H groups in total. The van der Waals surface area contributed by atoms with Crippen molar-refractivity contribution in [2.75, 3.05) is 19.5 Å². The Bertz CT molecular complexity index is 213. The Morgan fingerprint density at radius 1 is 1.36 bits per heavy atom. The van der Waals surface area contributed by atoms with Crippen LogP contribution in [0.4, 0.5) is 12.9 Å². The van der Waals surface area contributed by atoms with Gasteiger partial charge in [-0.2, -0.15) is 0 Å². The van der Waals surface area contributed by atoms with E-state index < -0.39 is 19.3 Å². The number of carbonyl (C=O) groups excluding carboxylic acids is 1. The van der Waals surface area contributed by atoms with Crippen LogP contribution in [0.25, 0.3) is 0 Å². The maximum absolute atomic E-state index is 12.0. The Kier molecular flexibility index (Phi) is 3.41. The van der Waals surface area contributed by atoms with E-state index in [4.69, 9.17) is 5.73 Å². The molecular weight excluding hydrogens is 196 g/mol. The fraction of sp³-hybridized carbons (Fsp3) is 0.857. The molecule has 0 aromatic rings. The van der Waals surface area contributed by atoms with Crippen molar-refractivity contribution in [3.05, 3.63) is 0 Å². The number of likely N-dealkylation sites (tertiary alicyclic amines) is 1. The average Bonchev–Trinajstić information content (AvgIpc) is 2.02. The van der Waals surface area contributed by atoms with Crippen molar-refractivity contribution in [1.82, 2.24) is 4.90 Å². The summed E-state index contributed by atoms with van der Waals surface area (Å²) >= 11 is 0. The van der Waals surface area contributed by atoms with Crippen molar-refractivity contribution in [3.8, 4) is 0 Å². The molecule has 1 saturated heterocycles. The van der Waals surface area contributed by atoms with E-state index in [9.17, 15) is 17.7 Å². The molecule has 0 aliphatic carbocycles. The second-order valence-corrected chi connectivity index (χ2v) is 3.69. The number of nitrogens with zero attached hydrogens (tertiary/aromatic N) is 1. The summed E-state index contributed by atoms with van der Waals surface area (Å²) in [6.07, 6.45) is 0.0640. The molecular formula is C7H13BF3N2O-. The Morgan fingerprint density at radius 2 is 1.86 bits per heavy atom. The summed E-state index contributed by atoms with van der Waals surface area (Å²) in [5.41, 5.74) is 5.06. The molecule has 14 heavy (non-hydrogen) atoms. The number of halogens is 3. The molecule has 1 rings (SSSR count). The van der Waals surface area contributed by atoms with Crippen molar-refractivity contribution < 1.29 is 17.7 Å². The third kappa shape index (κ3) is 3.57. The smallest absolute Gasteiger partial charge is 0.448 e. The molecule has 0 atom stereocenters. The SMILES string of the molecule is NC(=O)C1CCN(C[B-](F)(F)F)CC1. The molecule has 0 radical (unpaired) electrons. The van der Waals surface area contributed by atoms with Crippen LogP contribution in [0.5, 0.6) is 0 Å². The Morgan fingerprint density at radius 3 is 2.21 bits per heavy atom. The fourth-order valence-electron chi connectivity index (χ4n) is 1.69. The predicted octanol–water partition coefficient (Wildman–Crippen LogP) is 0.570. The lowest BCUT2D eigenvalue weighted by atomic mass is 9.88. The number of rotatable bonds is 3. The molecule has 0 bridgehead atoms. The summed E-state index contributed by atoms with van der Waals surface area (Å²) in [7, 11) is 0. The van der Waals surface area contributed by atoms with Gasteiger partial charge in [-0.1, -0.05) is 0 Å². The fourth-order valence-corrected chi connectivity index (χ4v) is 1.69. The highest BCUT2D eigenvalue weighted by Gasteiger charge is 2.30. The zero-order valence-electron chi connectivity index (χ0n) is 7.76. The third-order valence-corrected chi connectivity index (χ3v) is 2.46. The lowest BCUT2D eigenvalue weighted by molar-refractivity contribution is -0.123. The molecule has 0 saturated carbocycles. The molecule has 7 heteroatoms. The molecule has 82 valence electrons. The van der Waals surface area contributed by atoms with Crippen molar-refractivity contribution in [2.24, 2.45) is 11.7 Å². The highest BCUT2D eigenvalue weighted by Crippen LogP contribution is 2.19. The third-order valence-electron chi connectivity index (χ3n) is 2.46. The van der Waals surface area contributed by atoms with Gasteiger partial charge in [-0.15, -0.1) is 0 Å². The lowest BCUT2D eigenvalue weighted by Crippen LogP contribution is -2.44. The summed E-state index contributed by atoms with van der Waals surface area (Å²) in [4.78, 5) is 12.1. The molecule has 0 spiro atoms. The number of carbonyl (C=O) groups is 1. The minimum absolute atomic E-state index is 0.244. The van der Waals surface area contributed by atoms with Gasteiger partial charge in [0.2, 0.25) is 5.91 Å². The van der Waals surface area contributed by atoms with E-state index in [0.29, 0.717) is 25.9 Å². The summed E-state index contributed by atoms with van der Waals surface area (Å²) in [5, 5.41) is 0. The zero-order chi connectivity index (χ0) is 10.8. The van der Waals surface area contributed by atoms with E-state index in [1.807, 2.05) is 0 Å². The first-order valence-electron chi connectivity index (χ1n) is 4.61.